The molecule has 1 heterocycles. The summed E-state index contributed by atoms with van der Waals surface area (Å²) in [6.45, 7) is 3.12. The van der Waals surface area contributed by atoms with E-state index in [1.54, 1.807) is 0 Å². The molecule has 40 heavy (non-hydrogen) atoms. The Morgan fingerprint density at radius 1 is 0.750 bits per heavy atom. The summed E-state index contributed by atoms with van der Waals surface area (Å²) in [4.78, 5) is 0. The van der Waals surface area contributed by atoms with Crippen LogP contribution in [-0.2, 0) is 15.6 Å². The average molecular weight is 586 g/mol. The van der Waals surface area contributed by atoms with E-state index in [0.717, 1.165) is 12.8 Å². The zero-order valence-corrected chi connectivity index (χ0v) is 21.3. The van der Waals surface area contributed by atoms with E-state index in [2.05, 4.69) is 16.4 Å². The topological polar surface area (TPSA) is 36.9 Å². The smallest absolute Gasteiger partial charge is 0.432 e. The van der Waals surface area contributed by atoms with Gasteiger partial charge >= 0.3 is 12.2 Å². The van der Waals surface area contributed by atoms with Gasteiger partial charge in [-0.05, 0) is 32.1 Å². The second-order valence-corrected chi connectivity index (χ2v) is 10.0. The van der Waals surface area contributed by atoms with Crippen LogP contribution in [0.15, 0.2) is 24.3 Å². The third kappa shape index (κ3) is 6.79. The maximum absolute atomic E-state index is 14.9. The predicted molar refractivity (Wildman–Crippen MR) is 122 cm³/mol. The average Bonchev–Trinajstić information content (AvgIpc) is 2.87. The van der Waals surface area contributed by atoms with Gasteiger partial charge in [0.1, 0.15) is 28.7 Å². The van der Waals surface area contributed by atoms with Gasteiger partial charge in [-0.2, -0.15) is 17.6 Å². The molecule has 222 valence electrons. The Balaban J connectivity index is 1.39. The summed E-state index contributed by atoms with van der Waals surface area (Å²) in [6, 6.07) is 0.337. The minimum Gasteiger partial charge on any atom is -0.432 e. The second-order valence-electron chi connectivity index (χ2n) is 10.0. The van der Waals surface area contributed by atoms with Crippen LogP contribution in [0.2, 0.25) is 0 Å². The first kappa shape index (κ1) is 30.3. The molecular weight excluding hydrogens is 559 g/mol. The Hall–Kier alpha value is -2.67. The Bertz CT molecular complexity index is 1130. The zero-order chi connectivity index (χ0) is 29.2. The molecule has 13 heteroatoms. The molecule has 0 atom stereocenters. The molecule has 1 saturated carbocycles. The lowest BCUT2D eigenvalue weighted by Gasteiger charge is -2.39. The number of halogens is 9. The van der Waals surface area contributed by atoms with Gasteiger partial charge in [-0.25, -0.2) is 22.0 Å². The van der Waals surface area contributed by atoms with Crippen molar-refractivity contribution in [3.05, 3.63) is 58.9 Å². The van der Waals surface area contributed by atoms with Gasteiger partial charge in [0.2, 0.25) is 0 Å². The highest BCUT2D eigenvalue weighted by atomic mass is 19.3. The van der Waals surface area contributed by atoms with Crippen molar-refractivity contribution in [2.75, 3.05) is 13.2 Å². The van der Waals surface area contributed by atoms with Crippen LogP contribution in [-0.4, -0.2) is 25.6 Å². The summed E-state index contributed by atoms with van der Waals surface area (Å²) < 4.78 is 148. The van der Waals surface area contributed by atoms with Gasteiger partial charge in [-0.3, -0.25) is 0 Å². The van der Waals surface area contributed by atoms with Crippen molar-refractivity contribution in [2.45, 2.75) is 64.0 Å². The molecule has 2 aromatic carbocycles. The highest BCUT2D eigenvalue weighted by Crippen LogP contribution is 2.43. The molecule has 0 spiro atoms. The maximum atomic E-state index is 14.9. The Labute approximate surface area is 224 Å². The zero-order valence-electron chi connectivity index (χ0n) is 21.3. The quantitative estimate of drug-likeness (QED) is 0.220. The molecular formula is C27H27F9O4. The summed E-state index contributed by atoms with van der Waals surface area (Å²) in [5.74, 6) is -13.2. The van der Waals surface area contributed by atoms with Gasteiger partial charge in [0, 0.05) is 36.1 Å². The van der Waals surface area contributed by atoms with Gasteiger partial charge in [-0.15, -0.1) is 0 Å². The molecule has 0 N–H and O–H groups in total. The molecule has 2 fully saturated rings. The van der Waals surface area contributed by atoms with E-state index in [1.807, 2.05) is 0 Å². The third-order valence-electron chi connectivity index (χ3n) is 7.09. The van der Waals surface area contributed by atoms with Crippen LogP contribution in [0.5, 0.6) is 11.5 Å². The lowest BCUT2D eigenvalue weighted by Crippen LogP contribution is -2.42. The molecule has 0 aromatic heterocycles. The van der Waals surface area contributed by atoms with Crippen LogP contribution >= 0.6 is 0 Å². The van der Waals surface area contributed by atoms with Crippen LogP contribution in [0, 0.1) is 46.8 Å². The molecule has 4 rings (SSSR count). The van der Waals surface area contributed by atoms with E-state index in [9.17, 15) is 39.5 Å². The van der Waals surface area contributed by atoms with Crippen molar-refractivity contribution in [3.8, 4) is 11.5 Å². The number of benzene rings is 2. The van der Waals surface area contributed by atoms with Crippen LogP contribution in [0.1, 0.15) is 51.0 Å². The molecule has 0 amide bonds. The van der Waals surface area contributed by atoms with Crippen LogP contribution in [0.4, 0.5) is 39.5 Å². The van der Waals surface area contributed by atoms with Crippen molar-refractivity contribution in [1.82, 2.24) is 0 Å². The number of ether oxygens (including phenoxy) is 4. The molecule has 1 aliphatic heterocycles. The van der Waals surface area contributed by atoms with E-state index in [-0.39, 0.29) is 43.0 Å². The fourth-order valence-corrected chi connectivity index (χ4v) is 5.05. The van der Waals surface area contributed by atoms with Gasteiger partial charge in [-0.1, -0.05) is 13.3 Å². The van der Waals surface area contributed by atoms with Crippen molar-refractivity contribution >= 4 is 0 Å². The normalized spacial score (nSPS) is 24.1. The number of rotatable bonds is 9. The number of hydrogen-bond donors (Lipinski definition) is 0. The lowest BCUT2D eigenvalue weighted by molar-refractivity contribution is -0.247. The first-order valence-electron chi connectivity index (χ1n) is 12.8. The molecule has 0 radical (unpaired) electrons. The molecule has 0 unspecified atom stereocenters. The fraction of sp³-hybridized carbons (Fsp3) is 0.556. The van der Waals surface area contributed by atoms with Crippen LogP contribution in [0.25, 0.3) is 0 Å². The van der Waals surface area contributed by atoms with Gasteiger partial charge in [0.05, 0.1) is 19.1 Å². The summed E-state index contributed by atoms with van der Waals surface area (Å²) in [7, 11) is 0. The Morgan fingerprint density at radius 2 is 1.25 bits per heavy atom. The predicted octanol–water partition coefficient (Wildman–Crippen LogP) is 8.08. The molecule has 1 saturated heterocycles. The van der Waals surface area contributed by atoms with Gasteiger partial charge in [0.25, 0.3) is 0 Å². The Morgan fingerprint density at radius 3 is 1.77 bits per heavy atom. The second kappa shape index (κ2) is 12.1. The lowest BCUT2D eigenvalue weighted by atomic mass is 9.80. The molecule has 0 bridgehead atoms. The van der Waals surface area contributed by atoms with E-state index in [1.165, 1.54) is 0 Å². The molecule has 2 aromatic rings. The largest absolute Gasteiger partial charge is 0.432 e. The van der Waals surface area contributed by atoms with Crippen LogP contribution < -0.4 is 9.47 Å². The highest BCUT2D eigenvalue weighted by molar-refractivity contribution is 5.34. The van der Waals surface area contributed by atoms with Crippen molar-refractivity contribution in [2.24, 2.45) is 17.8 Å². The Kier molecular flexibility index (Phi) is 9.13. The molecule has 1 aliphatic carbocycles. The minimum atomic E-state index is -4.86. The summed E-state index contributed by atoms with van der Waals surface area (Å²) in [5.41, 5.74) is -2.03. The summed E-state index contributed by atoms with van der Waals surface area (Å²) in [6.07, 6.45) is -6.61. The fourth-order valence-electron chi connectivity index (χ4n) is 5.05. The van der Waals surface area contributed by atoms with Gasteiger partial charge < -0.3 is 18.9 Å². The summed E-state index contributed by atoms with van der Waals surface area (Å²) in [5, 5.41) is 0. The van der Waals surface area contributed by atoms with Gasteiger partial charge in [0.15, 0.2) is 23.7 Å². The molecule has 4 nitrogen and oxygen atoms in total. The van der Waals surface area contributed by atoms with E-state index in [4.69, 9.17) is 9.47 Å². The van der Waals surface area contributed by atoms with E-state index < -0.39 is 70.6 Å². The number of hydrogen-bond acceptors (Lipinski definition) is 4. The first-order valence-corrected chi connectivity index (χ1v) is 12.8. The maximum Gasteiger partial charge on any atom is 0.432 e. The minimum absolute atomic E-state index is 0.000969. The SMILES string of the molecule is CCCC1COC(C2CCC(C(F)(F)Oc3cc(F)c(C(F)(F)Oc4cc(F)c(F)c(F)c4)c(F)c3)CC2)OC1. The standard InChI is InChI=1S/C27H27F9O4/c1-2-3-14-12-37-25(38-13-14)15-4-6-16(7-5-15)26(33,34)39-17-8-19(28)23(20(29)9-17)27(35,36)40-18-10-21(30)24(32)22(31)11-18/h8-11,14-16,25H,2-7,12-13H2,1H3. The van der Waals surface area contributed by atoms with E-state index >= 15 is 0 Å². The first-order chi connectivity index (χ1) is 18.8. The van der Waals surface area contributed by atoms with E-state index in [0.29, 0.717) is 32.0 Å². The van der Waals surface area contributed by atoms with Crippen LogP contribution in [0.3, 0.4) is 0 Å². The van der Waals surface area contributed by atoms with Crippen molar-refractivity contribution < 1.29 is 58.5 Å². The highest BCUT2D eigenvalue weighted by Gasteiger charge is 2.47. The monoisotopic (exact) mass is 586 g/mol. The third-order valence-corrected chi connectivity index (χ3v) is 7.09. The molecule has 2 aliphatic rings. The number of alkyl halides is 4. The van der Waals surface area contributed by atoms with Crippen molar-refractivity contribution in [3.63, 3.8) is 0 Å². The van der Waals surface area contributed by atoms with Crippen molar-refractivity contribution in [1.29, 1.82) is 0 Å². The summed E-state index contributed by atoms with van der Waals surface area (Å²) >= 11 is 0.